The van der Waals surface area contributed by atoms with Gasteiger partial charge < -0.3 is 0 Å². The second-order valence-electron chi connectivity index (χ2n) is 4.07. The summed E-state index contributed by atoms with van der Waals surface area (Å²) in [6, 6.07) is 8.09. The Morgan fingerprint density at radius 2 is 2.12 bits per heavy atom. The van der Waals surface area contributed by atoms with Crippen LogP contribution < -0.4 is 11.3 Å². The van der Waals surface area contributed by atoms with Crippen molar-refractivity contribution in [2.45, 2.75) is 19.9 Å². The van der Waals surface area contributed by atoms with Crippen molar-refractivity contribution in [3.63, 3.8) is 0 Å². The minimum absolute atomic E-state index is 0.0488. The molecule has 1 aromatic carbocycles. The molecule has 1 unspecified atom stereocenters. The van der Waals surface area contributed by atoms with Gasteiger partial charge in [-0.05, 0) is 42.0 Å². The van der Waals surface area contributed by atoms with Crippen molar-refractivity contribution in [1.29, 1.82) is 0 Å². The van der Waals surface area contributed by atoms with Crippen LogP contribution >= 0.6 is 22.9 Å². The lowest BCUT2D eigenvalue weighted by molar-refractivity contribution is 0.638. The Morgan fingerprint density at radius 1 is 1.35 bits per heavy atom. The van der Waals surface area contributed by atoms with E-state index in [0.29, 0.717) is 0 Å². The van der Waals surface area contributed by atoms with Crippen molar-refractivity contribution in [3.05, 3.63) is 56.2 Å². The van der Waals surface area contributed by atoms with Crippen LogP contribution in [0.4, 0.5) is 0 Å². The average molecular weight is 267 g/mol. The predicted molar refractivity (Wildman–Crippen MR) is 74.4 cm³/mol. The molecule has 0 saturated heterocycles. The van der Waals surface area contributed by atoms with Crippen LogP contribution in [0.1, 0.15) is 27.6 Å². The van der Waals surface area contributed by atoms with Gasteiger partial charge in [0.25, 0.3) is 0 Å². The molecule has 2 nitrogen and oxygen atoms in total. The number of nitrogens with two attached hydrogens (primary N) is 1. The van der Waals surface area contributed by atoms with E-state index in [-0.39, 0.29) is 6.04 Å². The van der Waals surface area contributed by atoms with Gasteiger partial charge in [0.05, 0.1) is 6.04 Å². The zero-order chi connectivity index (χ0) is 12.4. The highest BCUT2D eigenvalue weighted by Gasteiger charge is 2.17. The summed E-state index contributed by atoms with van der Waals surface area (Å²) >= 11 is 8.05. The van der Waals surface area contributed by atoms with Gasteiger partial charge >= 0.3 is 0 Å². The van der Waals surface area contributed by atoms with Crippen LogP contribution in [0.3, 0.4) is 0 Å². The quantitative estimate of drug-likeness (QED) is 0.658. The van der Waals surface area contributed by atoms with E-state index in [1.807, 2.05) is 25.1 Å². The molecule has 0 aliphatic rings. The molecule has 1 heterocycles. The minimum atomic E-state index is -0.0488. The summed E-state index contributed by atoms with van der Waals surface area (Å²) in [5.74, 6) is 5.66. The zero-order valence-electron chi connectivity index (χ0n) is 9.83. The van der Waals surface area contributed by atoms with Gasteiger partial charge in [-0.25, -0.2) is 5.43 Å². The maximum atomic E-state index is 6.33. The number of nitrogens with one attached hydrogen (secondary N) is 1. The lowest BCUT2D eigenvalue weighted by Gasteiger charge is -2.17. The highest BCUT2D eigenvalue weighted by atomic mass is 35.5. The summed E-state index contributed by atoms with van der Waals surface area (Å²) in [6.07, 6.45) is 0. The number of halogens is 1. The maximum Gasteiger partial charge on any atom is 0.0732 e. The summed E-state index contributed by atoms with van der Waals surface area (Å²) in [5, 5.41) is 2.89. The van der Waals surface area contributed by atoms with Crippen molar-refractivity contribution in [2.75, 3.05) is 0 Å². The third kappa shape index (κ3) is 2.53. The van der Waals surface area contributed by atoms with Crippen LogP contribution in [-0.4, -0.2) is 0 Å². The number of aryl methyl sites for hydroxylation is 2. The van der Waals surface area contributed by atoms with Crippen LogP contribution in [0, 0.1) is 13.8 Å². The molecule has 2 aromatic rings. The molecule has 0 saturated carbocycles. The Hall–Kier alpha value is -0.870. The Bertz CT molecular complexity index is 522. The molecule has 0 aliphatic carbocycles. The van der Waals surface area contributed by atoms with E-state index < -0.39 is 0 Å². The van der Waals surface area contributed by atoms with Crippen molar-refractivity contribution >= 4 is 22.9 Å². The molecular formula is C13H15ClN2S. The molecule has 90 valence electrons. The smallest absolute Gasteiger partial charge is 0.0732 e. The third-order valence-electron chi connectivity index (χ3n) is 2.78. The standard InChI is InChI=1S/C13H15ClN2S/c1-8-4-3-5-11(12(8)14)13(16-15)10-6-9(2)17-7-10/h3-7,13,16H,15H2,1-2H3. The van der Waals surface area contributed by atoms with Crippen molar-refractivity contribution in [3.8, 4) is 0 Å². The molecule has 17 heavy (non-hydrogen) atoms. The summed E-state index contributed by atoms with van der Waals surface area (Å²) < 4.78 is 0. The van der Waals surface area contributed by atoms with E-state index in [1.165, 1.54) is 4.88 Å². The fourth-order valence-electron chi connectivity index (χ4n) is 1.87. The molecule has 3 N–H and O–H groups in total. The van der Waals surface area contributed by atoms with Crippen molar-refractivity contribution < 1.29 is 0 Å². The fourth-order valence-corrected chi connectivity index (χ4v) is 2.84. The average Bonchev–Trinajstić information content (AvgIpc) is 2.72. The number of rotatable bonds is 3. The zero-order valence-corrected chi connectivity index (χ0v) is 11.4. The van der Waals surface area contributed by atoms with Gasteiger partial charge in [-0.3, -0.25) is 5.84 Å². The molecule has 0 spiro atoms. The molecule has 0 amide bonds. The second-order valence-corrected chi connectivity index (χ2v) is 5.56. The molecule has 1 aromatic heterocycles. The number of hydrazine groups is 1. The van der Waals surface area contributed by atoms with E-state index in [1.54, 1.807) is 11.3 Å². The lowest BCUT2D eigenvalue weighted by Crippen LogP contribution is -2.28. The molecule has 0 bridgehead atoms. The fraction of sp³-hybridized carbons (Fsp3) is 0.231. The highest BCUT2D eigenvalue weighted by molar-refractivity contribution is 7.10. The van der Waals surface area contributed by atoms with Crippen LogP contribution in [0.5, 0.6) is 0 Å². The Labute approximate surface area is 110 Å². The monoisotopic (exact) mass is 266 g/mol. The van der Waals surface area contributed by atoms with Crippen molar-refractivity contribution in [1.82, 2.24) is 5.43 Å². The van der Waals surface area contributed by atoms with E-state index in [9.17, 15) is 0 Å². The molecule has 2 rings (SSSR count). The molecule has 1 atom stereocenters. The summed E-state index contributed by atoms with van der Waals surface area (Å²) in [4.78, 5) is 1.27. The third-order valence-corrected chi connectivity index (χ3v) is 4.18. The molecule has 0 aliphatic heterocycles. The van der Waals surface area contributed by atoms with Gasteiger partial charge in [0.1, 0.15) is 0 Å². The van der Waals surface area contributed by atoms with Gasteiger partial charge in [-0.15, -0.1) is 11.3 Å². The van der Waals surface area contributed by atoms with Crippen LogP contribution in [-0.2, 0) is 0 Å². The second kappa shape index (κ2) is 5.19. The first-order valence-electron chi connectivity index (χ1n) is 5.39. The summed E-state index contributed by atoms with van der Waals surface area (Å²) in [6.45, 7) is 4.08. The van der Waals surface area contributed by atoms with Gasteiger partial charge in [-0.2, -0.15) is 0 Å². The minimum Gasteiger partial charge on any atom is -0.271 e. The first kappa shape index (κ1) is 12.6. The predicted octanol–water partition coefficient (Wildman–Crippen LogP) is 3.57. The number of benzene rings is 1. The normalized spacial score (nSPS) is 12.7. The summed E-state index contributed by atoms with van der Waals surface area (Å²) in [7, 11) is 0. The van der Waals surface area contributed by atoms with Gasteiger partial charge in [0.15, 0.2) is 0 Å². The molecule has 0 radical (unpaired) electrons. The van der Waals surface area contributed by atoms with E-state index in [4.69, 9.17) is 17.4 Å². The SMILES string of the molecule is Cc1cc(C(NN)c2cccc(C)c2Cl)cs1. The first-order valence-corrected chi connectivity index (χ1v) is 6.65. The number of hydrogen-bond donors (Lipinski definition) is 2. The Balaban J connectivity index is 2.45. The van der Waals surface area contributed by atoms with Crippen molar-refractivity contribution in [2.24, 2.45) is 5.84 Å². The van der Waals surface area contributed by atoms with Gasteiger partial charge in [0.2, 0.25) is 0 Å². The molecular weight excluding hydrogens is 252 g/mol. The van der Waals surface area contributed by atoms with Crippen LogP contribution in [0.2, 0.25) is 5.02 Å². The van der Waals surface area contributed by atoms with Crippen LogP contribution in [0.25, 0.3) is 0 Å². The van der Waals surface area contributed by atoms with Gasteiger partial charge in [-0.1, -0.05) is 29.8 Å². The topological polar surface area (TPSA) is 38.0 Å². The Morgan fingerprint density at radius 3 is 2.71 bits per heavy atom. The van der Waals surface area contributed by atoms with E-state index >= 15 is 0 Å². The molecule has 4 heteroatoms. The number of hydrogen-bond acceptors (Lipinski definition) is 3. The lowest BCUT2D eigenvalue weighted by atomic mass is 10.00. The van der Waals surface area contributed by atoms with E-state index in [0.717, 1.165) is 21.7 Å². The highest BCUT2D eigenvalue weighted by Crippen LogP contribution is 2.31. The van der Waals surface area contributed by atoms with E-state index in [2.05, 4.69) is 23.8 Å². The summed E-state index contributed by atoms with van der Waals surface area (Å²) in [5.41, 5.74) is 6.08. The number of thiophene rings is 1. The van der Waals surface area contributed by atoms with Gasteiger partial charge in [0, 0.05) is 9.90 Å². The van der Waals surface area contributed by atoms with Crippen LogP contribution in [0.15, 0.2) is 29.6 Å². The first-order chi connectivity index (χ1) is 8.13. The molecule has 0 fully saturated rings. The maximum absolute atomic E-state index is 6.33. The largest absolute Gasteiger partial charge is 0.271 e. The Kier molecular flexibility index (Phi) is 3.84.